The summed E-state index contributed by atoms with van der Waals surface area (Å²) in [7, 11) is 0. The Morgan fingerprint density at radius 1 is 0.409 bits per heavy atom. The molecule has 18 atom stereocenters. The van der Waals surface area contributed by atoms with Gasteiger partial charge in [0.2, 0.25) is 112 Å². The first-order valence-electron chi connectivity index (χ1n) is 43.4. The largest absolute Gasteiger partial charge is 0.508 e. The number of aromatic nitrogens is 2. The first-order chi connectivity index (χ1) is 64.2. The van der Waals surface area contributed by atoms with E-state index in [4.69, 9.17) is 50.7 Å². The summed E-state index contributed by atoms with van der Waals surface area (Å²) in [6.45, 7) is 6.90. The van der Waals surface area contributed by atoms with Gasteiger partial charge in [-0.15, -0.1) is 0 Å². The summed E-state index contributed by atoms with van der Waals surface area (Å²) in [6.07, 6.45) is -9.41. The molecule has 39 N–H and O–H groups in total. The number of hydrogen-bond acceptors (Lipinski definition) is 30. The lowest BCUT2D eigenvalue weighted by molar-refractivity contribution is -0.144. The number of amides is 19. The lowest BCUT2D eigenvalue weighted by atomic mass is 9.96. The summed E-state index contributed by atoms with van der Waals surface area (Å²) in [5.41, 5.74) is 38.7. The van der Waals surface area contributed by atoms with Crippen LogP contribution in [0.5, 0.6) is 5.75 Å². The topological polar surface area (TPSA) is 961 Å². The maximum atomic E-state index is 14.7. The number of imidazole rings is 1. The average Bonchev–Trinajstić information content (AvgIpc) is 1.36. The minimum absolute atomic E-state index is 0.0118. The van der Waals surface area contributed by atoms with E-state index in [0.717, 1.165) is 13.8 Å². The molecule has 56 heteroatoms. The molecule has 1 aromatic heterocycles. The molecule has 0 radical (unpaired) electrons. The molecular formula is C81H128N26O30. The Labute approximate surface area is 783 Å². The molecule has 0 aliphatic rings. The van der Waals surface area contributed by atoms with Crippen LogP contribution in [0.15, 0.2) is 36.8 Å². The number of aromatic amines is 1. The van der Waals surface area contributed by atoms with Crippen LogP contribution in [-0.4, -0.2) is 310 Å². The zero-order chi connectivity index (χ0) is 104. The van der Waals surface area contributed by atoms with Crippen molar-refractivity contribution in [2.75, 3.05) is 19.7 Å². The van der Waals surface area contributed by atoms with Gasteiger partial charge in [0.1, 0.15) is 96.4 Å². The van der Waals surface area contributed by atoms with E-state index in [2.05, 4.69) is 95.0 Å². The highest BCUT2D eigenvalue weighted by atomic mass is 16.4. The standard InChI is InChI=1S/C81H128N26O30/c1-7-37(4)63(78(134)107-64(39(6)109)79(135)103-53(31-58(86)113)76(132)102-51(29-41-33-90-35-92-41)75(131)95-45(12-10-26-91-81(88)89)68(124)104-54(80(136)137)32-59(87)114)106-71(127)48(20-24-62(119)120)98-77(133)55(34-108)105-74(130)50(28-40-13-15-42(110)16-14-40)101-70(126)46(18-21-56(84)111)96-67(123)44(11-8-9-25-82)94-69(125)47(19-23-61(117)118)97-73(129)49(27-36(2)3)99-65(121)38(5)93-72(128)52(30-57(85)112)100-66(122)43(83)17-22-60(115)116/h13-16,33,35-39,43-55,63-64,108-110H,7-12,17-32,34,82-83H2,1-6H3,(H2,84,111)(H2,85,112)(H2,86,113)(H2,87,114)(H,90,92)(H,93,128)(H,94,125)(H,95,131)(H,96,123)(H,97,129)(H,98,133)(H,99,121)(H,100,122)(H,101,126)(H,102,132)(H,103,135)(H,104,124)(H,105,130)(H,106,127)(H,107,134)(H,115,116)(H,117,118)(H,119,120)(H,136,137)(H4,88,89,91)/t37-,38-,39+,43-,44-,45-,46-,47-,48-,49-,50-,51-,52-,53-,54-,55-,63-,64-/m0/s1. The predicted octanol–water partition coefficient (Wildman–Crippen LogP) is -12.1. The SMILES string of the molecule is CC[C@H](C)[C@H](NC(=O)[C@H](CCC(=O)O)NC(=O)[C@H](CO)NC(=O)[C@H](Cc1ccc(O)cc1)NC(=O)[C@H](CCC(N)=O)NC(=O)[C@H](CCCCN)NC(=O)[C@H](CCC(=O)O)NC(=O)[C@H](CC(C)C)NC(=O)[C@H](C)NC(=O)[C@H](CC(N)=O)NC(=O)[C@@H](N)CCC(=O)O)C(=O)N[C@H](C(=O)N[C@@H](CC(N)=O)C(=O)N[C@@H](Cc1cnc[nH]1)C(=O)N[C@@H](CCCNC(=N)N)C(=O)N[C@@H](CC(N)=O)C(=O)O)[C@@H](C)O. The second-order valence-corrected chi connectivity index (χ2v) is 32.6. The summed E-state index contributed by atoms with van der Waals surface area (Å²) >= 11 is 0. The molecule has 0 spiro atoms. The summed E-state index contributed by atoms with van der Waals surface area (Å²) in [4.78, 5) is 315. The number of carbonyl (C=O) groups is 23. The van der Waals surface area contributed by atoms with E-state index in [-0.39, 0.29) is 81.5 Å². The number of aliphatic hydroxyl groups is 2. The molecule has 0 fully saturated rings. The highest BCUT2D eigenvalue weighted by Crippen LogP contribution is 2.18. The number of phenols is 1. The normalized spacial score (nSPS) is 15.0. The second kappa shape index (κ2) is 60.4. The third-order valence-corrected chi connectivity index (χ3v) is 20.6. The van der Waals surface area contributed by atoms with E-state index in [1.165, 1.54) is 50.6 Å². The average molecular weight is 1950 g/mol. The van der Waals surface area contributed by atoms with Crippen molar-refractivity contribution in [2.45, 2.75) is 273 Å². The number of H-pyrrole nitrogens is 1. The van der Waals surface area contributed by atoms with Crippen molar-refractivity contribution in [3.05, 3.63) is 48.0 Å². The van der Waals surface area contributed by atoms with E-state index in [1.807, 2.05) is 0 Å². The monoisotopic (exact) mass is 1940 g/mol. The van der Waals surface area contributed by atoms with Crippen LogP contribution in [0.3, 0.4) is 0 Å². The summed E-state index contributed by atoms with van der Waals surface area (Å²) in [5.74, 6) is -31.3. The number of aromatic hydroxyl groups is 1. The third-order valence-electron chi connectivity index (χ3n) is 20.6. The first kappa shape index (κ1) is 118. The van der Waals surface area contributed by atoms with E-state index in [9.17, 15) is 141 Å². The number of nitrogens with zero attached hydrogens (tertiary/aromatic N) is 1. The Kier molecular flexibility index (Phi) is 52.1. The predicted molar refractivity (Wildman–Crippen MR) is 475 cm³/mol. The fraction of sp³-hybridized carbons (Fsp3) is 0.593. The molecule has 19 amide bonds. The quantitative estimate of drug-likeness (QED) is 0.0166. The molecule has 0 bridgehead atoms. The summed E-state index contributed by atoms with van der Waals surface area (Å²) < 4.78 is 0. The Morgan fingerprint density at radius 2 is 0.781 bits per heavy atom. The van der Waals surface area contributed by atoms with Crippen LogP contribution in [-0.2, 0) is 123 Å². The Bertz CT molecular complexity index is 4540. The molecule has 2 rings (SSSR count). The maximum Gasteiger partial charge on any atom is 0.326 e. The molecule has 1 aromatic carbocycles. The number of carboxylic acids is 4. The van der Waals surface area contributed by atoms with Crippen LogP contribution >= 0.6 is 0 Å². The summed E-state index contributed by atoms with van der Waals surface area (Å²) in [6, 6.07) is -24.4. The number of carbonyl (C=O) groups excluding carboxylic acids is 19. The van der Waals surface area contributed by atoms with E-state index < -0.39 is 340 Å². The van der Waals surface area contributed by atoms with Gasteiger partial charge in [-0.2, -0.15) is 0 Å². The number of guanidine groups is 1. The second-order valence-electron chi connectivity index (χ2n) is 32.6. The van der Waals surface area contributed by atoms with Crippen molar-refractivity contribution >= 4 is 142 Å². The van der Waals surface area contributed by atoms with Gasteiger partial charge in [0.25, 0.3) is 0 Å². The highest BCUT2D eigenvalue weighted by Gasteiger charge is 2.41. The minimum Gasteiger partial charge on any atom is -0.508 e. The van der Waals surface area contributed by atoms with Crippen LogP contribution < -0.4 is 125 Å². The molecule has 0 saturated carbocycles. The Hall–Kier alpha value is -14.8. The van der Waals surface area contributed by atoms with Crippen molar-refractivity contribution in [3.8, 4) is 5.75 Å². The smallest absolute Gasteiger partial charge is 0.326 e. The number of nitrogens with two attached hydrogens (primary N) is 7. The number of benzene rings is 1. The zero-order valence-corrected chi connectivity index (χ0v) is 76.2. The van der Waals surface area contributed by atoms with Crippen molar-refractivity contribution < 1.29 is 146 Å². The van der Waals surface area contributed by atoms with Crippen LogP contribution in [0.2, 0.25) is 0 Å². The van der Waals surface area contributed by atoms with Crippen molar-refractivity contribution in [3.63, 3.8) is 0 Å². The molecule has 0 unspecified atom stereocenters. The molecule has 1 heterocycles. The molecule has 56 nitrogen and oxygen atoms in total. The molecule has 2 aromatic rings. The van der Waals surface area contributed by atoms with Crippen LogP contribution in [0.4, 0.5) is 0 Å². The number of unbranched alkanes of at least 4 members (excludes halogenated alkanes) is 1. The van der Waals surface area contributed by atoms with E-state index >= 15 is 0 Å². The number of hydrogen-bond donors (Lipinski definition) is 32. The highest BCUT2D eigenvalue weighted by molar-refractivity contribution is 6.02. The van der Waals surface area contributed by atoms with Crippen LogP contribution in [0.1, 0.15) is 168 Å². The molecule has 0 aliphatic carbocycles. The van der Waals surface area contributed by atoms with E-state index in [1.54, 1.807) is 13.8 Å². The van der Waals surface area contributed by atoms with Gasteiger partial charge in [0.15, 0.2) is 5.96 Å². The number of rotatable bonds is 67. The fourth-order valence-corrected chi connectivity index (χ4v) is 12.9. The molecule has 762 valence electrons. The maximum absolute atomic E-state index is 14.7. The number of aliphatic hydroxyl groups excluding tert-OH is 2. The Morgan fingerprint density at radius 3 is 1.21 bits per heavy atom. The number of nitrogens with one attached hydrogen (secondary N) is 18. The molecule has 0 saturated heterocycles. The minimum atomic E-state index is -2.15. The van der Waals surface area contributed by atoms with Gasteiger partial charge < -0.3 is 166 Å². The van der Waals surface area contributed by atoms with Gasteiger partial charge in [-0.25, -0.2) is 9.78 Å². The van der Waals surface area contributed by atoms with Gasteiger partial charge in [0, 0.05) is 57.0 Å². The Balaban J connectivity index is 2.61. The number of carboxylic acid groups (broad SMARTS) is 4. The lowest BCUT2D eigenvalue weighted by Gasteiger charge is -2.30. The van der Waals surface area contributed by atoms with Gasteiger partial charge >= 0.3 is 23.9 Å². The van der Waals surface area contributed by atoms with Crippen molar-refractivity contribution in [1.82, 2.24) is 95.0 Å². The zero-order valence-electron chi connectivity index (χ0n) is 76.2. The molecule has 0 aliphatic heterocycles. The molecule has 137 heavy (non-hydrogen) atoms. The van der Waals surface area contributed by atoms with Gasteiger partial charge in [0.05, 0.1) is 44.3 Å². The van der Waals surface area contributed by atoms with E-state index in [0.29, 0.717) is 0 Å². The lowest BCUT2D eigenvalue weighted by Crippen LogP contribution is -2.63. The number of aliphatic carboxylic acids is 4. The van der Waals surface area contributed by atoms with Gasteiger partial charge in [-0.3, -0.25) is 111 Å². The fourth-order valence-electron chi connectivity index (χ4n) is 12.9. The third kappa shape index (κ3) is 45.6. The van der Waals surface area contributed by atoms with Gasteiger partial charge in [-0.1, -0.05) is 46.2 Å². The van der Waals surface area contributed by atoms with Crippen molar-refractivity contribution in [2.24, 2.45) is 52.0 Å². The summed E-state index contributed by atoms with van der Waals surface area (Å²) in [5, 5.41) is 115. The molecular weight excluding hydrogens is 1820 g/mol. The number of primary amides is 4. The van der Waals surface area contributed by atoms with Gasteiger partial charge in [-0.05, 0) is 114 Å². The van der Waals surface area contributed by atoms with Crippen molar-refractivity contribution in [1.29, 1.82) is 5.41 Å². The van der Waals surface area contributed by atoms with Crippen LogP contribution in [0.25, 0.3) is 0 Å². The number of phenolic OH excluding ortho intramolecular Hbond substituents is 1. The van der Waals surface area contributed by atoms with Crippen LogP contribution in [0, 0.1) is 17.2 Å². The first-order valence-corrected chi connectivity index (χ1v) is 43.4.